The van der Waals surface area contributed by atoms with Gasteiger partial charge in [-0.15, -0.1) is 0 Å². The number of carbonyl (C=O) groups excluding carboxylic acids is 3. The number of carbonyl (C=O) groups is 3. The molecule has 0 spiro atoms. The molecule has 36 heavy (non-hydrogen) atoms. The van der Waals surface area contributed by atoms with Crippen molar-refractivity contribution in [2.45, 2.75) is 18.9 Å². The Kier molecular flexibility index (Phi) is 7.88. The van der Waals surface area contributed by atoms with E-state index in [9.17, 15) is 14.4 Å². The van der Waals surface area contributed by atoms with E-state index in [0.29, 0.717) is 39.1 Å². The summed E-state index contributed by atoms with van der Waals surface area (Å²) in [7, 11) is 0. The quantitative estimate of drug-likeness (QED) is 0.274. The van der Waals surface area contributed by atoms with Gasteiger partial charge in [0.2, 0.25) is 5.91 Å². The summed E-state index contributed by atoms with van der Waals surface area (Å²) in [5.41, 5.74) is 1.70. The van der Waals surface area contributed by atoms with Gasteiger partial charge in [-0.2, -0.15) is 0 Å². The first kappa shape index (κ1) is 26.0. The summed E-state index contributed by atoms with van der Waals surface area (Å²) in [6.45, 7) is 1.97. The summed E-state index contributed by atoms with van der Waals surface area (Å²) in [5.74, 6) is -0.802. The first-order valence-corrected chi connectivity index (χ1v) is 12.7. The molecule has 0 saturated carbocycles. The second-order valence-corrected chi connectivity index (χ2v) is 10.2. The third-order valence-electron chi connectivity index (χ3n) is 5.79. The fourth-order valence-corrected chi connectivity index (χ4v) is 4.94. The van der Waals surface area contributed by atoms with Crippen LogP contribution in [0.3, 0.4) is 0 Å². The number of fused-ring (bicyclic) bond motifs is 1. The van der Waals surface area contributed by atoms with E-state index in [4.69, 9.17) is 23.2 Å². The standard InChI is InChI=1S/C26H23BrCl2N4O3/c1-15(34)30-9-10-31-24(35)20-7-5-17(27)12-22(20)33-26(14-16-3-2-4-18(28)11-16)21-8-6-19(29)13-23(21)32-25(26)36/h2-8,11-13,33H,9-10,14H2,1H3,(H,30,34)(H,31,35)(H,32,36). The van der Waals surface area contributed by atoms with Gasteiger partial charge in [-0.05, 0) is 48.0 Å². The van der Waals surface area contributed by atoms with E-state index < -0.39 is 5.54 Å². The van der Waals surface area contributed by atoms with Gasteiger partial charge in [-0.25, -0.2) is 0 Å². The maximum atomic E-state index is 13.6. The van der Waals surface area contributed by atoms with E-state index in [1.165, 1.54) is 6.92 Å². The zero-order chi connectivity index (χ0) is 25.9. The zero-order valence-corrected chi connectivity index (χ0v) is 22.4. The van der Waals surface area contributed by atoms with Crippen LogP contribution in [0.1, 0.15) is 28.4 Å². The van der Waals surface area contributed by atoms with Gasteiger partial charge in [0.25, 0.3) is 11.8 Å². The van der Waals surface area contributed by atoms with Crippen molar-refractivity contribution < 1.29 is 14.4 Å². The summed E-state index contributed by atoms with van der Waals surface area (Å²) in [6, 6.07) is 17.7. The zero-order valence-electron chi connectivity index (χ0n) is 19.3. The third-order valence-corrected chi connectivity index (χ3v) is 6.76. The SMILES string of the molecule is CC(=O)NCCNC(=O)c1ccc(Br)cc1NC1(Cc2cccc(Cl)c2)C(=O)Nc2cc(Cl)ccc21. The Morgan fingerprint density at radius 3 is 2.47 bits per heavy atom. The van der Waals surface area contributed by atoms with Crippen LogP contribution in [0.25, 0.3) is 0 Å². The molecule has 1 unspecified atom stereocenters. The summed E-state index contributed by atoms with van der Waals surface area (Å²) in [5, 5.41) is 12.8. The van der Waals surface area contributed by atoms with Gasteiger partial charge in [0.1, 0.15) is 5.54 Å². The van der Waals surface area contributed by atoms with Crippen molar-refractivity contribution in [2.75, 3.05) is 23.7 Å². The summed E-state index contributed by atoms with van der Waals surface area (Å²) < 4.78 is 0.729. The molecule has 7 nitrogen and oxygen atoms in total. The lowest BCUT2D eigenvalue weighted by atomic mass is 9.84. The monoisotopic (exact) mass is 588 g/mol. The van der Waals surface area contributed by atoms with Gasteiger partial charge in [-0.3, -0.25) is 14.4 Å². The van der Waals surface area contributed by atoms with Gasteiger partial charge < -0.3 is 21.3 Å². The Morgan fingerprint density at radius 2 is 1.72 bits per heavy atom. The van der Waals surface area contributed by atoms with Crippen LogP contribution in [-0.2, 0) is 21.5 Å². The van der Waals surface area contributed by atoms with Gasteiger partial charge in [0.15, 0.2) is 0 Å². The number of anilines is 2. The highest BCUT2D eigenvalue weighted by atomic mass is 79.9. The van der Waals surface area contributed by atoms with Crippen molar-refractivity contribution in [1.29, 1.82) is 0 Å². The Morgan fingerprint density at radius 1 is 0.972 bits per heavy atom. The molecule has 0 radical (unpaired) electrons. The highest BCUT2D eigenvalue weighted by Gasteiger charge is 2.47. The van der Waals surface area contributed by atoms with Crippen molar-refractivity contribution in [2.24, 2.45) is 0 Å². The Balaban J connectivity index is 1.74. The fraction of sp³-hybridized carbons (Fsp3) is 0.192. The van der Waals surface area contributed by atoms with Crippen molar-refractivity contribution in [3.63, 3.8) is 0 Å². The molecule has 1 aliphatic heterocycles. The normalized spacial score (nSPS) is 16.2. The number of amides is 3. The van der Waals surface area contributed by atoms with Crippen molar-refractivity contribution in [1.82, 2.24) is 10.6 Å². The first-order valence-electron chi connectivity index (χ1n) is 11.1. The lowest BCUT2D eigenvalue weighted by Crippen LogP contribution is -2.45. The molecule has 1 heterocycles. The molecule has 0 saturated heterocycles. The van der Waals surface area contributed by atoms with E-state index in [0.717, 1.165) is 10.0 Å². The van der Waals surface area contributed by atoms with E-state index in [1.54, 1.807) is 42.5 Å². The minimum atomic E-state index is -1.24. The van der Waals surface area contributed by atoms with Gasteiger partial charge >= 0.3 is 0 Å². The second kappa shape index (κ2) is 10.9. The van der Waals surface area contributed by atoms with Crippen LogP contribution in [0, 0.1) is 0 Å². The van der Waals surface area contributed by atoms with Crippen LogP contribution in [0.2, 0.25) is 10.0 Å². The van der Waals surface area contributed by atoms with Crippen LogP contribution in [-0.4, -0.2) is 30.8 Å². The molecular formula is C26H23BrCl2N4O3. The van der Waals surface area contributed by atoms with E-state index >= 15 is 0 Å². The van der Waals surface area contributed by atoms with Crippen molar-refractivity contribution in [3.8, 4) is 0 Å². The van der Waals surface area contributed by atoms with Gasteiger partial charge in [0.05, 0.1) is 5.56 Å². The maximum Gasteiger partial charge on any atom is 0.255 e. The summed E-state index contributed by atoms with van der Waals surface area (Å²) in [4.78, 5) is 37.8. The fourth-order valence-electron chi connectivity index (χ4n) is 4.20. The van der Waals surface area contributed by atoms with Gasteiger partial charge in [0, 0.05) is 57.9 Å². The predicted octanol–water partition coefficient (Wildman–Crippen LogP) is 5.12. The highest BCUT2D eigenvalue weighted by Crippen LogP contribution is 2.43. The molecule has 1 atom stereocenters. The number of benzene rings is 3. The molecular weight excluding hydrogens is 567 g/mol. The lowest BCUT2D eigenvalue weighted by molar-refractivity contribution is -0.120. The second-order valence-electron chi connectivity index (χ2n) is 8.41. The molecule has 0 bridgehead atoms. The molecule has 3 aromatic rings. The van der Waals surface area contributed by atoms with Crippen molar-refractivity contribution >= 4 is 68.2 Å². The number of hydrogen-bond donors (Lipinski definition) is 4. The molecule has 4 rings (SSSR count). The topological polar surface area (TPSA) is 99.3 Å². The lowest BCUT2D eigenvalue weighted by Gasteiger charge is -2.31. The molecule has 3 aromatic carbocycles. The van der Waals surface area contributed by atoms with Crippen LogP contribution < -0.4 is 21.3 Å². The number of halogens is 3. The van der Waals surface area contributed by atoms with Crippen LogP contribution >= 0.6 is 39.1 Å². The first-order chi connectivity index (χ1) is 17.2. The minimum Gasteiger partial charge on any atom is -0.367 e. The molecule has 10 heteroatoms. The molecule has 1 aliphatic rings. The van der Waals surface area contributed by atoms with E-state index in [2.05, 4.69) is 37.2 Å². The third kappa shape index (κ3) is 5.67. The molecule has 4 N–H and O–H groups in total. The maximum absolute atomic E-state index is 13.6. The van der Waals surface area contributed by atoms with Crippen molar-refractivity contribution in [3.05, 3.63) is 91.9 Å². The molecule has 0 aliphatic carbocycles. The van der Waals surface area contributed by atoms with Gasteiger partial charge in [-0.1, -0.05) is 57.3 Å². The largest absolute Gasteiger partial charge is 0.367 e. The van der Waals surface area contributed by atoms with E-state index in [-0.39, 0.29) is 30.7 Å². The Hall–Kier alpha value is -3.07. The average Bonchev–Trinajstić information content (AvgIpc) is 3.06. The highest BCUT2D eigenvalue weighted by molar-refractivity contribution is 9.10. The smallest absolute Gasteiger partial charge is 0.255 e. The minimum absolute atomic E-state index is 0.177. The molecule has 3 amide bonds. The number of hydrogen-bond acceptors (Lipinski definition) is 4. The van der Waals surface area contributed by atoms with E-state index in [1.807, 2.05) is 18.2 Å². The van der Waals surface area contributed by atoms with Crippen LogP contribution in [0.5, 0.6) is 0 Å². The number of rotatable bonds is 8. The predicted molar refractivity (Wildman–Crippen MR) is 146 cm³/mol. The number of nitrogens with one attached hydrogen (secondary N) is 4. The average molecular weight is 590 g/mol. The Labute approximate surface area is 227 Å². The summed E-state index contributed by atoms with van der Waals surface area (Å²) in [6.07, 6.45) is 0.268. The Bertz CT molecular complexity index is 1350. The summed E-state index contributed by atoms with van der Waals surface area (Å²) >= 11 is 15.9. The molecule has 0 fully saturated rings. The van der Waals surface area contributed by atoms with Crippen LogP contribution in [0.15, 0.2) is 65.1 Å². The molecule has 0 aromatic heterocycles. The van der Waals surface area contributed by atoms with Crippen LogP contribution in [0.4, 0.5) is 11.4 Å². The molecule has 186 valence electrons.